The fourth-order valence-corrected chi connectivity index (χ4v) is 3.89. The third-order valence-corrected chi connectivity index (χ3v) is 4.66. The maximum Gasteiger partial charge on any atom is 0.340 e. The minimum absolute atomic E-state index is 0.0126. The fourth-order valence-electron chi connectivity index (χ4n) is 2.24. The second-order valence-electron chi connectivity index (χ2n) is 5.35. The van der Waals surface area contributed by atoms with Crippen LogP contribution in [0, 0.1) is 19.8 Å². The number of aryl methyl sites for hydroxylation is 2. The highest BCUT2D eigenvalue weighted by molar-refractivity contribution is 7.89. The summed E-state index contributed by atoms with van der Waals surface area (Å²) >= 11 is 0. The Balaban J connectivity index is 3.22. The molecular formula is C13H21NO6S. The van der Waals surface area contributed by atoms with Gasteiger partial charge in [-0.1, -0.05) is 13.8 Å². The Labute approximate surface area is 124 Å². The molecule has 0 amide bonds. The topological polar surface area (TPSA) is 117 Å². The van der Waals surface area contributed by atoms with Gasteiger partial charge in [-0.3, -0.25) is 0 Å². The van der Waals surface area contributed by atoms with Crippen LogP contribution in [0.15, 0.2) is 9.31 Å². The van der Waals surface area contributed by atoms with Crippen LogP contribution in [0.4, 0.5) is 0 Å². The van der Waals surface area contributed by atoms with Gasteiger partial charge in [0, 0.05) is 6.04 Å². The molecule has 1 aromatic heterocycles. The summed E-state index contributed by atoms with van der Waals surface area (Å²) in [6.07, 6.45) is 0.439. The zero-order valence-corrected chi connectivity index (χ0v) is 13.3. The van der Waals surface area contributed by atoms with E-state index in [0.717, 1.165) is 0 Å². The van der Waals surface area contributed by atoms with Crippen LogP contribution in [0.25, 0.3) is 0 Å². The van der Waals surface area contributed by atoms with Crippen LogP contribution < -0.4 is 4.72 Å². The molecule has 3 N–H and O–H groups in total. The summed E-state index contributed by atoms with van der Waals surface area (Å²) in [5.41, 5.74) is -0.374. The summed E-state index contributed by atoms with van der Waals surface area (Å²) in [6.45, 7) is 6.22. The zero-order chi connectivity index (χ0) is 16.4. The first-order chi connectivity index (χ1) is 9.60. The van der Waals surface area contributed by atoms with Gasteiger partial charge < -0.3 is 14.6 Å². The lowest BCUT2D eigenvalue weighted by Crippen LogP contribution is -2.39. The Morgan fingerprint density at radius 3 is 2.29 bits per heavy atom. The molecule has 0 bridgehead atoms. The molecule has 21 heavy (non-hydrogen) atoms. The van der Waals surface area contributed by atoms with Crippen LogP contribution in [0.5, 0.6) is 0 Å². The van der Waals surface area contributed by atoms with Crippen molar-refractivity contribution < 1.29 is 27.8 Å². The Bertz CT molecular complexity index is 617. The van der Waals surface area contributed by atoms with Crippen molar-refractivity contribution >= 4 is 16.0 Å². The third-order valence-electron chi connectivity index (χ3n) is 2.99. The van der Waals surface area contributed by atoms with Crippen molar-refractivity contribution in [2.45, 2.75) is 45.1 Å². The van der Waals surface area contributed by atoms with Crippen LogP contribution in [-0.2, 0) is 10.0 Å². The minimum Gasteiger partial charge on any atom is -0.478 e. The van der Waals surface area contributed by atoms with Gasteiger partial charge in [-0.15, -0.1) is 0 Å². The summed E-state index contributed by atoms with van der Waals surface area (Å²) in [5.74, 6) is -1.14. The van der Waals surface area contributed by atoms with E-state index in [2.05, 4.69) is 4.72 Å². The van der Waals surface area contributed by atoms with E-state index >= 15 is 0 Å². The standard InChI is InChI=1S/C13H21NO6S/c1-7(2)5-10(6-15)14-21(18,19)12-9(4)20-8(3)11(12)13(16)17/h7,10,14-15H,5-6H2,1-4H3,(H,16,17). The summed E-state index contributed by atoms with van der Waals surface area (Å²) in [4.78, 5) is 10.9. The number of aliphatic hydroxyl groups is 1. The lowest BCUT2D eigenvalue weighted by Gasteiger charge is -2.18. The Morgan fingerprint density at radius 2 is 1.86 bits per heavy atom. The van der Waals surface area contributed by atoms with Crippen LogP contribution in [-0.4, -0.2) is 37.2 Å². The number of carboxylic acids is 1. The highest BCUT2D eigenvalue weighted by Crippen LogP contribution is 2.27. The number of furan rings is 1. The van der Waals surface area contributed by atoms with E-state index in [1.165, 1.54) is 13.8 Å². The third kappa shape index (κ3) is 4.05. The van der Waals surface area contributed by atoms with Crippen LogP contribution in [0.3, 0.4) is 0 Å². The van der Waals surface area contributed by atoms with Crippen molar-refractivity contribution in [1.29, 1.82) is 0 Å². The number of carbonyl (C=O) groups is 1. The van der Waals surface area contributed by atoms with Crippen molar-refractivity contribution in [2.24, 2.45) is 5.92 Å². The van der Waals surface area contributed by atoms with Gasteiger partial charge in [0.05, 0.1) is 6.61 Å². The first-order valence-electron chi connectivity index (χ1n) is 6.56. The van der Waals surface area contributed by atoms with Crippen molar-refractivity contribution in [2.75, 3.05) is 6.61 Å². The number of hydrogen-bond acceptors (Lipinski definition) is 5. The Morgan fingerprint density at radius 1 is 1.29 bits per heavy atom. The lowest BCUT2D eigenvalue weighted by molar-refractivity contribution is 0.0691. The average molecular weight is 319 g/mol. The van der Waals surface area contributed by atoms with E-state index in [1.54, 1.807) is 0 Å². The minimum atomic E-state index is -4.09. The maximum atomic E-state index is 12.4. The molecule has 7 nitrogen and oxygen atoms in total. The normalized spacial score (nSPS) is 13.6. The number of nitrogens with one attached hydrogen (secondary N) is 1. The Hall–Kier alpha value is -1.38. The van der Waals surface area contributed by atoms with Gasteiger partial charge in [-0.05, 0) is 26.2 Å². The molecule has 0 spiro atoms. The molecule has 0 aliphatic carbocycles. The quantitative estimate of drug-likeness (QED) is 0.697. The molecule has 0 aliphatic heterocycles. The second-order valence-corrected chi connectivity index (χ2v) is 7.00. The molecule has 1 atom stereocenters. The second kappa shape index (κ2) is 6.59. The van der Waals surface area contributed by atoms with Crippen molar-refractivity contribution in [3.8, 4) is 0 Å². The van der Waals surface area contributed by atoms with Crippen LogP contribution in [0.1, 0.15) is 42.1 Å². The molecule has 1 rings (SSSR count). The van der Waals surface area contributed by atoms with E-state index in [1.807, 2.05) is 13.8 Å². The van der Waals surface area contributed by atoms with Crippen molar-refractivity contribution in [3.63, 3.8) is 0 Å². The number of hydrogen-bond donors (Lipinski definition) is 3. The van der Waals surface area contributed by atoms with E-state index in [-0.39, 0.29) is 34.5 Å². The molecule has 0 radical (unpaired) electrons. The summed E-state index contributed by atoms with van der Waals surface area (Å²) in [6, 6.07) is -0.675. The van der Waals surface area contributed by atoms with Gasteiger partial charge >= 0.3 is 5.97 Å². The zero-order valence-electron chi connectivity index (χ0n) is 12.5. The highest BCUT2D eigenvalue weighted by Gasteiger charge is 2.32. The first kappa shape index (κ1) is 17.7. The number of sulfonamides is 1. The largest absolute Gasteiger partial charge is 0.478 e. The summed E-state index contributed by atoms with van der Waals surface area (Å²) in [7, 11) is -4.09. The fraction of sp³-hybridized carbons (Fsp3) is 0.615. The number of aromatic carboxylic acids is 1. The molecule has 0 saturated heterocycles. The van der Waals surface area contributed by atoms with Gasteiger partial charge in [0.25, 0.3) is 0 Å². The average Bonchev–Trinajstić information content (AvgIpc) is 2.63. The van der Waals surface area contributed by atoms with E-state index in [0.29, 0.717) is 6.42 Å². The molecule has 0 saturated carbocycles. The summed E-state index contributed by atoms with van der Waals surface area (Å²) in [5, 5.41) is 18.4. The first-order valence-corrected chi connectivity index (χ1v) is 8.05. The van der Waals surface area contributed by atoms with E-state index in [4.69, 9.17) is 9.52 Å². The lowest BCUT2D eigenvalue weighted by atomic mass is 10.1. The number of carboxylic acid groups (broad SMARTS) is 1. The van der Waals surface area contributed by atoms with Gasteiger partial charge in [0.1, 0.15) is 22.0 Å². The SMILES string of the molecule is Cc1oc(C)c(S(=O)(=O)NC(CO)CC(C)C)c1C(=O)O. The van der Waals surface area contributed by atoms with Gasteiger partial charge in [0.15, 0.2) is 0 Å². The smallest absolute Gasteiger partial charge is 0.340 e. The molecule has 0 fully saturated rings. The number of rotatable bonds is 7. The molecule has 8 heteroatoms. The molecule has 1 unspecified atom stereocenters. The molecule has 0 aliphatic rings. The van der Waals surface area contributed by atoms with Crippen molar-refractivity contribution in [1.82, 2.24) is 4.72 Å². The van der Waals surface area contributed by atoms with E-state index in [9.17, 15) is 18.3 Å². The Kier molecular flexibility index (Phi) is 5.54. The summed E-state index contributed by atoms with van der Waals surface area (Å²) < 4.78 is 32.3. The molecule has 120 valence electrons. The predicted octanol–water partition coefficient (Wildman–Crippen LogP) is 1.28. The van der Waals surface area contributed by atoms with Crippen LogP contribution >= 0.6 is 0 Å². The van der Waals surface area contributed by atoms with Gasteiger partial charge in [-0.25, -0.2) is 17.9 Å². The van der Waals surface area contributed by atoms with Gasteiger partial charge in [-0.2, -0.15) is 0 Å². The molecule has 1 aromatic rings. The monoisotopic (exact) mass is 319 g/mol. The highest BCUT2D eigenvalue weighted by atomic mass is 32.2. The maximum absolute atomic E-state index is 12.4. The molecule has 0 aromatic carbocycles. The van der Waals surface area contributed by atoms with E-state index < -0.39 is 22.0 Å². The predicted molar refractivity (Wildman–Crippen MR) is 75.8 cm³/mol. The molecule has 1 heterocycles. The van der Waals surface area contributed by atoms with Gasteiger partial charge in [0.2, 0.25) is 10.0 Å². The van der Waals surface area contributed by atoms with Crippen molar-refractivity contribution in [3.05, 3.63) is 17.1 Å². The molecular weight excluding hydrogens is 298 g/mol. The number of aliphatic hydroxyl groups excluding tert-OH is 1. The van der Waals surface area contributed by atoms with Crippen LogP contribution in [0.2, 0.25) is 0 Å².